The van der Waals surface area contributed by atoms with Gasteiger partial charge in [0.25, 0.3) is 0 Å². The van der Waals surface area contributed by atoms with Gasteiger partial charge in [0.1, 0.15) is 5.82 Å². The van der Waals surface area contributed by atoms with Crippen molar-refractivity contribution in [1.82, 2.24) is 14.9 Å². The van der Waals surface area contributed by atoms with Crippen LogP contribution in [0.15, 0.2) is 12.4 Å². The topological polar surface area (TPSA) is 72.9 Å². The normalized spacial score (nSPS) is 11.6. The second-order valence-corrected chi connectivity index (χ2v) is 3.80. The standard InChI is InChI=1S/C9H16N4O/c1-9(2,8(10)14)12-6-7-11-4-5-13(7)3/h4-5,12H,6H2,1-3H3,(H2,10,14). The van der Waals surface area contributed by atoms with Gasteiger partial charge in [-0.15, -0.1) is 0 Å². The van der Waals surface area contributed by atoms with Gasteiger partial charge in [-0.1, -0.05) is 0 Å². The molecule has 0 radical (unpaired) electrons. The first kappa shape index (κ1) is 10.7. The third-order valence-corrected chi connectivity index (χ3v) is 2.23. The average molecular weight is 196 g/mol. The van der Waals surface area contributed by atoms with Crippen LogP contribution in [-0.2, 0) is 18.4 Å². The predicted molar refractivity (Wildman–Crippen MR) is 53.3 cm³/mol. The number of aromatic nitrogens is 2. The number of hydrogen-bond donors (Lipinski definition) is 2. The van der Waals surface area contributed by atoms with Gasteiger partial charge in [-0.2, -0.15) is 0 Å². The van der Waals surface area contributed by atoms with Crippen LogP contribution in [0.25, 0.3) is 0 Å². The van der Waals surface area contributed by atoms with Crippen LogP contribution < -0.4 is 11.1 Å². The highest BCUT2D eigenvalue weighted by Crippen LogP contribution is 2.02. The zero-order valence-electron chi connectivity index (χ0n) is 8.74. The number of carbonyl (C=O) groups excluding carboxylic acids is 1. The molecule has 1 aromatic heterocycles. The molecule has 1 amide bonds. The number of imidazole rings is 1. The van der Waals surface area contributed by atoms with E-state index in [0.717, 1.165) is 5.82 Å². The highest BCUT2D eigenvalue weighted by molar-refractivity contribution is 5.83. The van der Waals surface area contributed by atoms with Gasteiger partial charge in [0.05, 0.1) is 12.1 Å². The molecule has 5 heteroatoms. The Hall–Kier alpha value is -1.36. The molecular formula is C9H16N4O. The minimum atomic E-state index is -0.702. The van der Waals surface area contributed by atoms with Crippen molar-refractivity contribution in [3.05, 3.63) is 18.2 Å². The molecule has 78 valence electrons. The molecule has 0 aromatic carbocycles. The number of hydrogen-bond acceptors (Lipinski definition) is 3. The van der Waals surface area contributed by atoms with Crippen LogP contribution in [0.4, 0.5) is 0 Å². The van der Waals surface area contributed by atoms with Crippen molar-refractivity contribution in [3.8, 4) is 0 Å². The number of aryl methyl sites for hydroxylation is 1. The first-order valence-electron chi connectivity index (χ1n) is 4.44. The van der Waals surface area contributed by atoms with Gasteiger partial charge in [-0.05, 0) is 13.8 Å². The lowest BCUT2D eigenvalue weighted by atomic mass is 10.1. The Bertz CT molecular complexity index is 329. The van der Waals surface area contributed by atoms with E-state index in [1.807, 2.05) is 17.8 Å². The van der Waals surface area contributed by atoms with E-state index in [1.165, 1.54) is 0 Å². The van der Waals surface area contributed by atoms with E-state index in [4.69, 9.17) is 5.73 Å². The van der Waals surface area contributed by atoms with E-state index in [-0.39, 0.29) is 5.91 Å². The predicted octanol–water partition coefficient (Wildman–Crippen LogP) is -0.226. The van der Waals surface area contributed by atoms with Crippen LogP contribution in [0, 0.1) is 0 Å². The van der Waals surface area contributed by atoms with Crippen molar-refractivity contribution in [2.45, 2.75) is 25.9 Å². The Morgan fingerprint density at radius 3 is 2.79 bits per heavy atom. The third kappa shape index (κ3) is 2.32. The fraction of sp³-hybridized carbons (Fsp3) is 0.556. The molecule has 0 atom stereocenters. The lowest BCUT2D eigenvalue weighted by molar-refractivity contribution is -0.123. The monoisotopic (exact) mass is 196 g/mol. The Morgan fingerprint density at radius 1 is 1.71 bits per heavy atom. The summed E-state index contributed by atoms with van der Waals surface area (Å²) in [5.74, 6) is 0.506. The summed E-state index contributed by atoms with van der Waals surface area (Å²) in [6.07, 6.45) is 3.57. The zero-order valence-corrected chi connectivity index (χ0v) is 8.74. The summed E-state index contributed by atoms with van der Waals surface area (Å²) in [7, 11) is 1.90. The van der Waals surface area contributed by atoms with E-state index in [1.54, 1.807) is 20.0 Å². The van der Waals surface area contributed by atoms with Crippen molar-refractivity contribution in [2.24, 2.45) is 12.8 Å². The number of carbonyl (C=O) groups is 1. The largest absolute Gasteiger partial charge is 0.368 e. The van der Waals surface area contributed by atoms with Crippen LogP contribution >= 0.6 is 0 Å². The summed E-state index contributed by atoms with van der Waals surface area (Å²) in [5.41, 5.74) is 4.52. The van der Waals surface area contributed by atoms with E-state index in [9.17, 15) is 4.79 Å². The minimum absolute atomic E-state index is 0.369. The fourth-order valence-corrected chi connectivity index (χ4v) is 0.954. The Morgan fingerprint density at radius 2 is 2.36 bits per heavy atom. The third-order valence-electron chi connectivity index (χ3n) is 2.23. The molecule has 0 aliphatic carbocycles. The van der Waals surface area contributed by atoms with E-state index < -0.39 is 5.54 Å². The number of nitrogens with one attached hydrogen (secondary N) is 1. The van der Waals surface area contributed by atoms with Crippen LogP contribution in [0.2, 0.25) is 0 Å². The number of primary amides is 1. The molecule has 0 saturated heterocycles. The molecule has 5 nitrogen and oxygen atoms in total. The quantitative estimate of drug-likeness (QED) is 0.699. The molecule has 0 aliphatic heterocycles. The molecule has 1 heterocycles. The van der Waals surface area contributed by atoms with Crippen LogP contribution in [0.5, 0.6) is 0 Å². The van der Waals surface area contributed by atoms with E-state index in [0.29, 0.717) is 6.54 Å². The van der Waals surface area contributed by atoms with Crippen molar-refractivity contribution in [2.75, 3.05) is 0 Å². The molecule has 0 aliphatic rings. The minimum Gasteiger partial charge on any atom is -0.368 e. The van der Waals surface area contributed by atoms with Crippen LogP contribution in [-0.4, -0.2) is 21.0 Å². The molecule has 1 aromatic rings. The second kappa shape index (κ2) is 3.79. The summed E-state index contributed by atoms with van der Waals surface area (Å²) >= 11 is 0. The number of amides is 1. The first-order valence-corrected chi connectivity index (χ1v) is 4.44. The molecule has 0 spiro atoms. The van der Waals surface area contributed by atoms with Gasteiger partial charge >= 0.3 is 0 Å². The van der Waals surface area contributed by atoms with Gasteiger partial charge in [0, 0.05) is 19.4 Å². The Labute approximate surface area is 83.3 Å². The highest BCUT2D eigenvalue weighted by Gasteiger charge is 2.24. The maximum Gasteiger partial charge on any atom is 0.237 e. The summed E-state index contributed by atoms with van der Waals surface area (Å²) < 4.78 is 1.89. The van der Waals surface area contributed by atoms with Gasteiger partial charge < -0.3 is 10.3 Å². The Kier molecular flexibility index (Phi) is 2.90. The smallest absolute Gasteiger partial charge is 0.237 e. The average Bonchev–Trinajstić information content (AvgIpc) is 2.47. The lowest BCUT2D eigenvalue weighted by Crippen LogP contribution is -2.50. The summed E-state index contributed by atoms with van der Waals surface area (Å²) in [6, 6.07) is 0. The van der Waals surface area contributed by atoms with Crippen molar-refractivity contribution < 1.29 is 4.79 Å². The van der Waals surface area contributed by atoms with Gasteiger partial charge in [-0.3, -0.25) is 10.1 Å². The molecule has 1 rings (SSSR count). The summed E-state index contributed by atoms with van der Waals surface area (Å²) in [4.78, 5) is 15.1. The molecular weight excluding hydrogens is 180 g/mol. The zero-order chi connectivity index (χ0) is 10.8. The molecule has 0 fully saturated rings. The Balaban J connectivity index is 2.57. The fourth-order valence-electron chi connectivity index (χ4n) is 0.954. The molecule has 14 heavy (non-hydrogen) atoms. The SMILES string of the molecule is Cn1ccnc1CNC(C)(C)C(N)=O. The van der Waals surface area contributed by atoms with Crippen molar-refractivity contribution >= 4 is 5.91 Å². The number of nitrogens with two attached hydrogens (primary N) is 1. The van der Waals surface area contributed by atoms with Crippen molar-refractivity contribution in [1.29, 1.82) is 0 Å². The van der Waals surface area contributed by atoms with Crippen LogP contribution in [0.1, 0.15) is 19.7 Å². The second-order valence-electron chi connectivity index (χ2n) is 3.80. The summed E-state index contributed by atoms with van der Waals surface area (Å²) in [6.45, 7) is 4.02. The maximum atomic E-state index is 11.0. The molecule has 0 unspecified atom stereocenters. The van der Waals surface area contributed by atoms with Crippen molar-refractivity contribution in [3.63, 3.8) is 0 Å². The van der Waals surface area contributed by atoms with E-state index in [2.05, 4.69) is 10.3 Å². The lowest BCUT2D eigenvalue weighted by Gasteiger charge is -2.21. The van der Waals surface area contributed by atoms with Gasteiger partial charge in [0.15, 0.2) is 0 Å². The van der Waals surface area contributed by atoms with E-state index >= 15 is 0 Å². The summed E-state index contributed by atoms with van der Waals surface area (Å²) in [5, 5.41) is 3.04. The van der Waals surface area contributed by atoms with Crippen LogP contribution in [0.3, 0.4) is 0 Å². The maximum absolute atomic E-state index is 11.0. The van der Waals surface area contributed by atoms with Gasteiger partial charge in [-0.25, -0.2) is 4.98 Å². The molecule has 0 saturated carbocycles. The first-order chi connectivity index (χ1) is 6.43. The molecule has 0 bridgehead atoms. The number of rotatable bonds is 4. The molecule has 3 N–H and O–H groups in total. The highest BCUT2D eigenvalue weighted by atomic mass is 16.1. The number of nitrogens with zero attached hydrogens (tertiary/aromatic N) is 2. The van der Waals surface area contributed by atoms with Gasteiger partial charge in [0.2, 0.25) is 5.91 Å².